The predicted molar refractivity (Wildman–Crippen MR) is 80.9 cm³/mol. The minimum Gasteiger partial charge on any atom is -0.302 e. The zero-order valence-corrected chi connectivity index (χ0v) is 13.2. The van der Waals surface area contributed by atoms with Crippen LogP contribution in [0.5, 0.6) is 0 Å². The van der Waals surface area contributed by atoms with E-state index in [-0.39, 0.29) is 5.54 Å². The van der Waals surface area contributed by atoms with E-state index in [1.54, 1.807) is 11.3 Å². The molecule has 1 heterocycles. The van der Waals surface area contributed by atoms with Crippen LogP contribution in [0.1, 0.15) is 30.1 Å². The molecule has 0 bridgehead atoms. The van der Waals surface area contributed by atoms with Crippen molar-refractivity contribution in [3.63, 3.8) is 0 Å². The average Bonchev–Trinajstić information content (AvgIpc) is 2.73. The van der Waals surface area contributed by atoms with Gasteiger partial charge in [-0.05, 0) is 38.5 Å². The Hall–Kier alpha value is -0.710. The summed E-state index contributed by atoms with van der Waals surface area (Å²) < 4.78 is 1.11. The molecule has 96 valence electrons. The Morgan fingerprint density at radius 1 is 1.28 bits per heavy atom. The number of nitrogens with zero attached hydrogens (tertiary/aromatic N) is 1. The van der Waals surface area contributed by atoms with Gasteiger partial charge >= 0.3 is 0 Å². The molecule has 18 heavy (non-hydrogen) atoms. The quantitative estimate of drug-likeness (QED) is 0.909. The fourth-order valence-corrected chi connectivity index (χ4v) is 2.65. The number of benzene rings is 1. The molecule has 1 N–H and O–H groups in total. The molecule has 0 aliphatic carbocycles. The summed E-state index contributed by atoms with van der Waals surface area (Å²) in [7, 11) is 0. The third-order valence-electron chi connectivity index (χ3n) is 2.94. The highest BCUT2D eigenvalue weighted by molar-refractivity contribution is 9.10. The van der Waals surface area contributed by atoms with Gasteiger partial charge in [0.25, 0.3) is 0 Å². The lowest BCUT2D eigenvalue weighted by molar-refractivity contribution is 0.399. The highest BCUT2D eigenvalue weighted by Gasteiger charge is 2.19. The zero-order chi connectivity index (χ0) is 13.2. The first kappa shape index (κ1) is 13.7. The fourth-order valence-electron chi connectivity index (χ4n) is 1.77. The van der Waals surface area contributed by atoms with Gasteiger partial charge in [-0.25, -0.2) is 4.98 Å². The molecule has 1 aromatic heterocycles. The number of halogens is 1. The molecule has 0 aliphatic heterocycles. The van der Waals surface area contributed by atoms with E-state index in [1.165, 1.54) is 5.56 Å². The van der Waals surface area contributed by atoms with E-state index < -0.39 is 0 Å². The number of thiazole rings is 1. The molecular weight excluding hydrogens is 308 g/mol. The van der Waals surface area contributed by atoms with E-state index in [9.17, 15) is 0 Å². The van der Waals surface area contributed by atoms with Gasteiger partial charge in [0.05, 0.1) is 10.7 Å². The fraction of sp³-hybridized carbons (Fsp3) is 0.357. The molecule has 4 heteroatoms. The van der Waals surface area contributed by atoms with E-state index in [0.717, 1.165) is 21.7 Å². The molecule has 2 nitrogen and oxygen atoms in total. The number of aryl methyl sites for hydroxylation is 1. The van der Waals surface area contributed by atoms with Crippen molar-refractivity contribution in [3.05, 3.63) is 50.4 Å². The molecule has 1 aromatic carbocycles. The first-order valence-corrected chi connectivity index (χ1v) is 7.57. The smallest absolute Gasteiger partial charge is 0.0897 e. The van der Waals surface area contributed by atoms with Crippen LogP contribution in [0, 0.1) is 6.92 Å². The third kappa shape index (κ3) is 3.40. The molecule has 2 rings (SSSR count). The number of nitrogens with one attached hydrogen (secondary N) is 1. The van der Waals surface area contributed by atoms with Crippen LogP contribution in [-0.4, -0.2) is 4.98 Å². The lowest BCUT2D eigenvalue weighted by atomic mass is 9.94. The van der Waals surface area contributed by atoms with Crippen LogP contribution in [0.2, 0.25) is 0 Å². The summed E-state index contributed by atoms with van der Waals surface area (Å²) in [5.41, 5.74) is 2.33. The summed E-state index contributed by atoms with van der Waals surface area (Å²) >= 11 is 5.16. The largest absolute Gasteiger partial charge is 0.302 e. The highest BCUT2D eigenvalue weighted by atomic mass is 79.9. The topological polar surface area (TPSA) is 24.9 Å². The third-order valence-corrected chi connectivity index (χ3v) is 4.29. The standard InChI is InChI=1S/C14H17BrN2S/c1-10-17-13(9-18-10)8-16-14(2,3)11-4-6-12(15)7-5-11/h4-7,9,16H,8H2,1-3H3. The summed E-state index contributed by atoms with van der Waals surface area (Å²) in [5.74, 6) is 0. The summed E-state index contributed by atoms with van der Waals surface area (Å²) in [6.07, 6.45) is 0. The van der Waals surface area contributed by atoms with Crippen molar-refractivity contribution in [2.45, 2.75) is 32.9 Å². The van der Waals surface area contributed by atoms with Crippen LogP contribution in [0.4, 0.5) is 0 Å². The van der Waals surface area contributed by atoms with Gasteiger partial charge in [0.2, 0.25) is 0 Å². The zero-order valence-electron chi connectivity index (χ0n) is 10.8. The van der Waals surface area contributed by atoms with Crippen LogP contribution < -0.4 is 5.32 Å². The second kappa shape index (κ2) is 5.51. The Bertz CT molecular complexity index is 517. The Kier molecular flexibility index (Phi) is 4.20. The van der Waals surface area contributed by atoms with E-state index in [4.69, 9.17) is 0 Å². The highest BCUT2D eigenvalue weighted by Crippen LogP contribution is 2.22. The normalized spacial score (nSPS) is 11.8. The molecule has 0 fully saturated rings. The van der Waals surface area contributed by atoms with Gasteiger partial charge < -0.3 is 5.32 Å². The Balaban J connectivity index is 2.04. The van der Waals surface area contributed by atoms with Crippen LogP contribution in [-0.2, 0) is 12.1 Å². The summed E-state index contributed by atoms with van der Waals surface area (Å²) in [5, 5.41) is 6.78. The predicted octanol–water partition coefficient (Wildman–Crippen LogP) is 4.24. The molecule has 0 saturated carbocycles. The van der Waals surface area contributed by atoms with E-state index >= 15 is 0 Å². The summed E-state index contributed by atoms with van der Waals surface area (Å²) in [6, 6.07) is 8.43. The maximum absolute atomic E-state index is 4.47. The Morgan fingerprint density at radius 2 is 1.94 bits per heavy atom. The van der Waals surface area contributed by atoms with Crippen molar-refractivity contribution in [3.8, 4) is 0 Å². The van der Waals surface area contributed by atoms with Gasteiger partial charge in [-0.1, -0.05) is 28.1 Å². The average molecular weight is 325 g/mol. The SMILES string of the molecule is Cc1nc(CNC(C)(C)c2ccc(Br)cc2)cs1. The van der Waals surface area contributed by atoms with Crippen molar-refractivity contribution in [2.24, 2.45) is 0 Å². The summed E-state index contributed by atoms with van der Waals surface area (Å²) in [6.45, 7) is 7.21. The lowest BCUT2D eigenvalue weighted by Gasteiger charge is -2.26. The Morgan fingerprint density at radius 3 is 2.50 bits per heavy atom. The minimum absolute atomic E-state index is 0.0573. The molecule has 0 saturated heterocycles. The van der Waals surface area contributed by atoms with Crippen LogP contribution in [0.15, 0.2) is 34.1 Å². The van der Waals surface area contributed by atoms with Crippen LogP contribution in [0.3, 0.4) is 0 Å². The van der Waals surface area contributed by atoms with Gasteiger partial charge in [-0.15, -0.1) is 11.3 Å². The number of rotatable bonds is 4. The molecular formula is C14H17BrN2S. The number of hydrogen-bond donors (Lipinski definition) is 1. The van der Waals surface area contributed by atoms with Crippen LogP contribution in [0.25, 0.3) is 0 Å². The maximum Gasteiger partial charge on any atom is 0.0897 e. The Labute approximate surface area is 121 Å². The van der Waals surface area contributed by atoms with E-state index in [0.29, 0.717) is 0 Å². The van der Waals surface area contributed by atoms with E-state index in [2.05, 4.69) is 69.7 Å². The van der Waals surface area contributed by atoms with Gasteiger partial charge in [0.1, 0.15) is 0 Å². The maximum atomic E-state index is 4.47. The molecule has 0 amide bonds. The van der Waals surface area contributed by atoms with Gasteiger partial charge in [0.15, 0.2) is 0 Å². The van der Waals surface area contributed by atoms with Gasteiger partial charge in [-0.2, -0.15) is 0 Å². The molecule has 0 atom stereocenters. The van der Waals surface area contributed by atoms with Crippen LogP contribution >= 0.6 is 27.3 Å². The second-order valence-electron chi connectivity index (χ2n) is 4.84. The van der Waals surface area contributed by atoms with Gasteiger partial charge in [0, 0.05) is 21.9 Å². The van der Waals surface area contributed by atoms with Crippen molar-refractivity contribution in [1.82, 2.24) is 10.3 Å². The van der Waals surface area contributed by atoms with Crippen molar-refractivity contribution in [1.29, 1.82) is 0 Å². The number of aromatic nitrogens is 1. The van der Waals surface area contributed by atoms with Crippen molar-refractivity contribution in [2.75, 3.05) is 0 Å². The van der Waals surface area contributed by atoms with Gasteiger partial charge in [-0.3, -0.25) is 0 Å². The molecule has 0 aliphatic rings. The molecule has 0 unspecified atom stereocenters. The monoisotopic (exact) mass is 324 g/mol. The first-order chi connectivity index (χ1) is 8.47. The lowest BCUT2D eigenvalue weighted by Crippen LogP contribution is -2.36. The van der Waals surface area contributed by atoms with Crippen molar-refractivity contribution >= 4 is 27.3 Å². The van der Waals surface area contributed by atoms with Crippen molar-refractivity contribution < 1.29 is 0 Å². The molecule has 0 spiro atoms. The minimum atomic E-state index is -0.0573. The first-order valence-electron chi connectivity index (χ1n) is 5.89. The molecule has 0 radical (unpaired) electrons. The number of hydrogen-bond acceptors (Lipinski definition) is 3. The second-order valence-corrected chi connectivity index (χ2v) is 6.82. The van der Waals surface area contributed by atoms with E-state index in [1.807, 2.05) is 6.92 Å². The summed E-state index contributed by atoms with van der Waals surface area (Å²) in [4.78, 5) is 4.47. The molecule has 2 aromatic rings.